The Morgan fingerprint density at radius 3 is 2.93 bits per heavy atom. The first-order valence-electron chi connectivity index (χ1n) is 4.78. The lowest BCUT2D eigenvalue weighted by molar-refractivity contribution is 0.273. The van der Waals surface area contributed by atoms with E-state index in [0.29, 0.717) is 18.3 Å². The number of anilines is 1. The summed E-state index contributed by atoms with van der Waals surface area (Å²) < 4.78 is 5.43. The van der Waals surface area contributed by atoms with Crippen molar-refractivity contribution < 1.29 is 4.74 Å². The zero-order valence-electron chi connectivity index (χ0n) is 9.10. The number of nitrogens with two attached hydrogens (primary N) is 1. The minimum atomic E-state index is 0.539. The van der Waals surface area contributed by atoms with Gasteiger partial charge in [-0.15, -0.1) is 0 Å². The largest absolute Gasteiger partial charge is 0.477 e. The fourth-order valence-corrected chi connectivity index (χ4v) is 1.05. The summed E-state index contributed by atoms with van der Waals surface area (Å²) in [6.07, 6.45) is 2.37. The van der Waals surface area contributed by atoms with Crippen LogP contribution in [-0.2, 0) is 0 Å². The second kappa shape index (κ2) is 6.15. The highest BCUT2D eigenvalue weighted by Gasteiger charge is 1.98. The van der Waals surface area contributed by atoms with Crippen molar-refractivity contribution in [3.8, 4) is 5.88 Å². The molecule has 0 atom stereocenters. The zero-order valence-corrected chi connectivity index (χ0v) is 9.10. The van der Waals surface area contributed by atoms with Crippen LogP contribution in [-0.4, -0.2) is 42.1 Å². The summed E-state index contributed by atoms with van der Waals surface area (Å²) in [5.74, 6) is 6.30. The monoisotopic (exact) mass is 211 g/mol. The summed E-state index contributed by atoms with van der Waals surface area (Å²) in [4.78, 5) is 9.95. The maximum Gasteiger partial charge on any atom is 0.218 e. The van der Waals surface area contributed by atoms with E-state index in [-0.39, 0.29) is 0 Å². The van der Waals surface area contributed by atoms with E-state index < -0.39 is 0 Å². The molecule has 0 fully saturated rings. The van der Waals surface area contributed by atoms with Crippen LogP contribution in [0.5, 0.6) is 5.88 Å². The van der Waals surface area contributed by atoms with Gasteiger partial charge in [0.2, 0.25) is 5.88 Å². The van der Waals surface area contributed by atoms with Gasteiger partial charge >= 0.3 is 0 Å². The third kappa shape index (κ3) is 4.57. The summed E-state index contributed by atoms with van der Waals surface area (Å²) in [6, 6.07) is 1.66. The molecule has 0 bridgehead atoms. The van der Waals surface area contributed by atoms with E-state index >= 15 is 0 Å². The third-order valence-electron chi connectivity index (χ3n) is 1.79. The second-order valence-electron chi connectivity index (χ2n) is 3.39. The Balaban J connectivity index is 2.30. The average Bonchev–Trinajstić information content (AvgIpc) is 2.24. The average molecular weight is 211 g/mol. The molecule has 1 aromatic rings. The van der Waals surface area contributed by atoms with Crippen LogP contribution in [0.4, 0.5) is 5.82 Å². The van der Waals surface area contributed by atoms with Crippen LogP contribution in [0.3, 0.4) is 0 Å². The summed E-state index contributed by atoms with van der Waals surface area (Å²) in [5, 5.41) is 0. The van der Waals surface area contributed by atoms with Crippen LogP contribution in [0.2, 0.25) is 0 Å². The molecule has 0 saturated heterocycles. The number of hydrogen-bond acceptors (Lipinski definition) is 6. The molecule has 0 aliphatic carbocycles. The molecule has 1 heterocycles. The van der Waals surface area contributed by atoms with Crippen LogP contribution in [0, 0.1) is 0 Å². The number of nitrogen functional groups attached to an aromatic ring is 1. The van der Waals surface area contributed by atoms with Crippen LogP contribution in [0.1, 0.15) is 6.42 Å². The van der Waals surface area contributed by atoms with Gasteiger partial charge in [0.1, 0.15) is 12.1 Å². The zero-order chi connectivity index (χ0) is 11.1. The number of nitrogens with zero attached hydrogens (tertiary/aromatic N) is 3. The van der Waals surface area contributed by atoms with Gasteiger partial charge in [0.25, 0.3) is 0 Å². The lowest BCUT2D eigenvalue weighted by atomic mass is 10.4. The normalized spacial score (nSPS) is 10.4. The predicted molar refractivity (Wildman–Crippen MR) is 58.5 cm³/mol. The van der Waals surface area contributed by atoms with Crippen molar-refractivity contribution in [2.24, 2.45) is 5.84 Å². The number of rotatable bonds is 6. The Morgan fingerprint density at radius 2 is 2.27 bits per heavy atom. The molecule has 84 valence electrons. The van der Waals surface area contributed by atoms with Crippen molar-refractivity contribution in [3.05, 3.63) is 12.4 Å². The molecule has 6 heteroatoms. The van der Waals surface area contributed by atoms with Gasteiger partial charge in [-0.3, -0.25) is 0 Å². The Kier molecular flexibility index (Phi) is 4.79. The van der Waals surface area contributed by atoms with E-state index in [1.807, 2.05) is 14.1 Å². The number of hydrogen-bond donors (Lipinski definition) is 2. The molecule has 1 rings (SSSR count). The number of hydrazine groups is 1. The molecule has 0 aliphatic rings. The van der Waals surface area contributed by atoms with E-state index in [1.54, 1.807) is 6.07 Å². The fourth-order valence-electron chi connectivity index (χ4n) is 1.05. The van der Waals surface area contributed by atoms with Crippen molar-refractivity contribution >= 4 is 5.82 Å². The molecule has 0 amide bonds. The van der Waals surface area contributed by atoms with Crippen LogP contribution < -0.4 is 16.0 Å². The van der Waals surface area contributed by atoms with Gasteiger partial charge in [-0.2, -0.15) is 0 Å². The van der Waals surface area contributed by atoms with Gasteiger partial charge in [-0.05, 0) is 20.5 Å². The van der Waals surface area contributed by atoms with E-state index in [9.17, 15) is 0 Å². The number of ether oxygens (including phenoxy) is 1. The highest BCUT2D eigenvalue weighted by molar-refractivity contribution is 5.35. The minimum absolute atomic E-state index is 0.539. The van der Waals surface area contributed by atoms with Gasteiger partial charge in [0.05, 0.1) is 6.61 Å². The molecule has 3 N–H and O–H groups in total. The van der Waals surface area contributed by atoms with Crippen LogP contribution in [0.15, 0.2) is 12.4 Å². The first-order valence-corrected chi connectivity index (χ1v) is 4.78. The lowest BCUT2D eigenvalue weighted by Gasteiger charge is -2.09. The maximum absolute atomic E-state index is 5.43. The highest BCUT2D eigenvalue weighted by atomic mass is 16.5. The van der Waals surface area contributed by atoms with E-state index in [1.165, 1.54) is 6.33 Å². The lowest BCUT2D eigenvalue weighted by Crippen LogP contribution is -2.16. The van der Waals surface area contributed by atoms with Gasteiger partial charge in [-0.25, -0.2) is 15.8 Å². The first-order chi connectivity index (χ1) is 7.22. The van der Waals surface area contributed by atoms with E-state index in [2.05, 4.69) is 20.3 Å². The molecule has 15 heavy (non-hydrogen) atoms. The molecule has 0 aromatic carbocycles. The van der Waals surface area contributed by atoms with Gasteiger partial charge in [-0.1, -0.05) is 0 Å². The van der Waals surface area contributed by atoms with E-state index in [0.717, 1.165) is 13.0 Å². The van der Waals surface area contributed by atoms with Crippen molar-refractivity contribution in [3.63, 3.8) is 0 Å². The molecule has 0 aliphatic heterocycles. The maximum atomic E-state index is 5.43. The first kappa shape index (κ1) is 11.7. The van der Waals surface area contributed by atoms with Crippen LogP contribution >= 0.6 is 0 Å². The third-order valence-corrected chi connectivity index (χ3v) is 1.79. The standard InChI is InChI=1S/C9H17N5O/c1-14(2)4-3-5-15-9-6-8(13-10)11-7-12-9/h6-7H,3-5,10H2,1-2H3,(H,11,12,13). The Morgan fingerprint density at radius 1 is 1.47 bits per heavy atom. The molecule has 0 saturated carbocycles. The summed E-state index contributed by atoms with van der Waals surface area (Å²) in [5.41, 5.74) is 2.44. The van der Waals surface area contributed by atoms with Gasteiger partial charge < -0.3 is 15.1 Å². The molecular formula is C9H17N5O. The Bertz CT molecular complexity index is 292. The number of aromatic nitrogens is 2. The highest BCUT2D eigenvalue weighted by Crippen LogP contribution is 2.09. The summed E-state index contributed by atoms with van der Waals surface area (Å²) >= 11 is 0. The summed E-state index contributed by atoms with van der Waals surface area (Å²) in [7, 11) is 4.06. The van der Waals surface area contributed by atoms with E-state index in [4.69, 9.17) is 10.6 Å². The topological polar surface area (TPSA) is 76.3 Å². The Hall–Kier alpha value is -1.40. The summed E-state index contributed by atoms with van der Waals surface area (Å²) in [6.45, 7) is 1.63. The smallest absolute Gasteiger partial charge is 0.218 e. The quantitative estimate of drug-likeness (QED) is 0.394. The molecule has 6 nitrogen and oxygen atoms in total. The second-order valence-corrected chi connectivity index (χ2v) is 3.39. The van der Waals surface area contributed by atoms with Gasteiger partial charge in [0.15, 0.2) is 0 Å². The molecule has 0 spiro atoms. The SMILES string of the molecule is CN(C)CCCOc1cc(NN)ncn1. The fraction of sp³-hybridized carbons (Fsp3) is 0.556. The van der Waals surface area contributed by atoms with Gasteiger partial charge in [0, 0.05) is 12.6 Å². The predicted octanol–water partition coefficient (Wildman–Crippen LogP) is 0.0927. The van der Waals surface area contributed by atoms with Crippen LogP contribution in [0.25, 0.3) is 0 Å². The van der Waals surface area contributed by atoms with Crippen molar-refractivity contribution in [2.75, 3.05) is 32.7 Å². The molecule has 1 aromatic heterocycles. The number of nitrogens with one attached hydrogen (secondary N) is 1. The van der Waals surface area contributed by atoms with Crippen molar-refractivity contribution in [1.29, 1.82) is 0 Å². The molecule has 0 radical (unpaired) electrons. The molecule has 0 unspecified atom stereocenters. The van der Waals surface area contributed by atoms with Crippen molar-refractivity contribution in [1.82, 2.24) is 14.9 Å². The minimum Gasteiger partial charge on any atom is -0.477 e. The Labute approximate surface area is 89.4 Å². The molecular weight excluding hydrogens is 194 g/mol. The van der Waals surface area contributed by atoms with Crippen molar-refractivity contribution in [2.45, 2.75) is 6.42 Å².